The molecule has 0 spiro atoms. The number of hydrogen-bond donors (Lipinski definition) is 2. The molecule has 0 aromatic heterocycles. The summed E-state index contributed by atoms with van der Waals surface area (Å²) < 4.78 is 5.13. The average molecular weight is 437 g/mol. The van der Waals surface area contributed by atoms with Crippen LogP contribution in [-0.2, 0) is 11.3 Å². The molecule has 2 aliphatic rings. The van der Waals surface area contributed by atoms with E-state index in [0.717, 1.165) is 50.5 Å². The van der Waals surface area contributed by atoms with E-state index in [2.05, 4.69) is 41.4 Å². The highest BCUT2D eigenvalue weighted by Crippen LogP contribution is 2.38. The molecule has 4 rings (SSSR count). The Balaban J connectivity index is 1.52. The van der Waals surface area contributed by atoms with Crippen molar-refractivity contribution in [3.63, 3.8) is 0 Å². The number of phenols is 1. The number of aromatic hydroxyl groups is 1. The molecule has 1 saturated heterocycles. The van der Waals surface area contributed by atoms with Crippen LogP contribution in [-0.4, -0.2) is 55.2 Å². The zero-order valence-corrected chi connectivity index (χ0v) is 18.9. The summed E-state index contributed by atoms with van der Waals surface area (Å²) in [5.74, 6) is 2.04. The normalized spacial score (nSPS) is 18.2. The van der Waals surface area contributed by atoms with Crippen molar-refractivity contribution >= 4 is 17.6 Å². The van der Waals surface area contributed by atoms with Gasteiger partial charge in [0.2, 0.25) is 5.91 Å². The summed E-state index contributed by atoms with van der Waals surface area (Å²) in [4.78, 5) is 21.1. The van der Waals surface area contributed by atoms with Crippen molar-refractivity contribution in [2.24, 2.45) is 4.99 Å². The number of carbonyl (C=O) groups is 1. The van der Waals surface area contributed by atoms with Crippen molar-refractivity contribution in [1.29, 1.82) is 0 Å². The summed E-state index contributed by atoms with van der Waals surface area (Å²) >= 11 is 0. The first kappa shape index (κ1) is 22.0. The van der Waals surface area contributed by atoms with E-state index in [1.54, 1.807) is 12.1 Å². The summed E-state index contributed by atoms with van der Waals surface area (Å²) in [5, 5.41) is 13.5. The summed E-state index contributed by atoms with van der Waals surface area (Å²) in [6, 6.07) is 13.8. The number of rotatable bonds is 7. The SMILES string of the molecule is CCNC(=NCc1ccc(OC)c(O)c1)N1CC(CCN2CCCC2=O)c2ccccc21. The number of nitrogens with zero attached hydrogens (tertiary/aromatic N) is 3. The predicted molar refractivity (Wildman–Crippen MR) is 126 cm³/mol. The van der Waals surface area contributed by atoms with Gasteiger partial charge in [0, 0.05) is 44.2 Å². The number of benzene rings is 2. The first-order valence-corrected chi connectivity index (χ1v) is 11.4. The maximum atomic E-state index is 12.0. The minimum Gasteiger partial charge on any atom is -0.504 e. The van der Waals surface area contributed by atoms with Gasteiger partial charge in [-0.3, -0.25) is 4.79 Å². The molecule has 170 valence electrons. The first-order chi connectivity index (χ1) is 15.6. The number of hydrogen-bond acceptors (Lipinski definition) is 4. The van der Waals surface area contributed by atoms with Crippen LogP contribution < -0.4 is 15.0 Å². The van der Waals surface area contributed by atoms with Crippen LogP contribution in [0.3, 0.4) is 0 Å². The van der Waals surface area contributed by atoms with Gasteiger partial charge in [-0.1, -0.05) is 24.3 Å². The van der Waals surface area contributed by atoms with Gasteiger partial charge in [0.15, 0.2) is 17.5 Å². The molecule has 0 saturated carbocycles. The highest BCUT2D eigenvalue weighted by molar-refractivity contribution is 5.98. The molecule has 2 heterocycles. The van der Waals surface area contributed by atoms with Crippen molar-refractivity contribution < 1.29 is 14.6 Å². The number of aliphatic imine (C=N–C) groups is 1. The second kappa shape index (κ2) is 9.94. The first-order valence-electron chi connectivity index (χ1n) is 11.4. The fourth-order valence-corrected chi connectivity index (χ4v) is 4.59. The second-order valence-corrected chi connectivity index (χ2v) is 8.32. The molecule has 2 aliphatic heterocycles. The predicted octanol–water partition coefficient (Wildman–Crippen LogP) is 3.48. The van der Waals surface area contributed by atoms with E-state index >= 15 is 0 Å². The van der Waals surface area contributed by atoms with Gasteiger partial charge in [0.25, 0.3) is 0 Å². The molecule has 1 atom stereocenters. The van der Waals surface area contributed by atoms with Crippen molar-refractivity contribution in [2.45, 2.75) is 38.6 Å². The quantitative estimate of drug-likeness (QED) is 0.513. The number of fused-ring (bicyclic) bond motifs is 1. The Morgan fingerprint density at radius 1 is 1.28 bits per heavy atom. The van der Waals surface area contributed by atoms with Crippen LogP contribution >= 0.6 is 0 Å². The molecule has 32 heavy (non-hydrogen) atoms. The monoisotopic (exact) mass is 436 g/mol. The number of anilines is 1. The molecule has 7 heteroatoms. The Kier molecular flexibility index (Phi) is 6.83. The molecule has 0 aliphatic carbocycles. The van der Waals surface area contributed by atoms with E-state index in [1.807, 2.05) is 11.0 Å². The van der Waals surface area contributed by atoms with Crippen molar-refractivity contribution in [3.05, 3.63) is 53.6 Å². The van der Waals surface area contributed by atoms with Crippen LogP contribution in [0.1, 0.15) is 43.2 Å². The Bertz CT molecular complexity index is 991. The number of phenolic OH excluding ortho intramolecular Hbond substituents is 1. The molecular weight excluding hydrogens is 404 g/mol. The molecular formula is C25H32N4O3. The van der Waals surface area contributed by atoms with Gasteiger partial charge in [0.1, 0.15) is 0 Å². The number of guanidine groups is 1. The zero-order chi connectivity index (χ0) is 22.5. The van der Waals surface area contributed by atoms with Crippen molar-refractivity contribution in [3.8, 4) is 11.5 Å². The largest absolute Gasteiger partial charge is 0.504 e. The van der Waals surface area contributed by atoms with E-state index in [-0.39, 0.29) is 11.7 Å². The van der Waals surface area contributed by atoms with Crippen LogP contribution in [0.4, 0.5) is 5.69 Å². The number of carbonyl (C=O) groups excluding carboxylic acids is 1. The van der Waals surface area contributed by atoms with E-state index < -0.39 is 0 Å². The van der Waals surface area contributed by atoms with Gasteiger partial charge in [-0.05, 0) is 49.1 Å². The maximum absolute atomic E-state index is 12.0. The molecule has 2 aromatic rings. The van der Waals surface area contributed by atoms with Crippen LogP contribution in [0, 0.1) is 0 Å². The van der Waals surface area contributed by atoms with Crippen LogP contribution in [0.5, 0.6) is 11.5 Å². The van der Waals surface area contributed by atoms with Gasteiger partial charge in [-0.2, -0.15) is 0 Å². The second-order valence-electron chi connectivity index (χ2n) is 8.32. The van der Waals surface area contributed by atoms with Crippen LogP contribution in [0.25, 0.3) is 0 Å². The Morgan fingerprint density at radius 3 is 2.84 bits per heavy atom. The Morgan fingerprint density at radius 2 is 2.12 bits per heavy atom. The highest BCUT2D eigenvalue weighted by atomic mass is 16.5. The van der Waals surface area contributed by atoms with E-state index in [9.17, 15) is 9.90 Å². The molecule has 2 N–H and O–H groups in total. The van der Waals surface area contributed by atoms with E-state index in [4.69, 9.17) is 9.73 Å². The maximum Gasteiger partial charge on any atom is 0.222 e. The van der Waals surface area contributed by atoms with Gasteiger partial charge >= 0.3 is 0 Å². The lowest BCUT2D eigenvalue weighted by Gasteiger charge is -2.23. The summed E-state index contributed by atoms with van der Waals surface area (Å²) in [6.07, 6.45) is 2.61. The third kappa shape index (κ3) is 4.66. The van der Waals surface area contributed by atoms with E-state index in [1.165, 1.54) is 18.4 Å². The van der Waals surface area contributed by atoms with Crippen molar-refractivity contribution in [2.75, 3.05) is 38.2 Å². The minimum absolute atomic E-state index is 0.119. The van der Waals surface area contributed by atoms with Crippen LogP contribution in [0.15, 0.2) is 47.5 Å². The lowest BCUT2D eigenvalue weighted by atomic mass is 9.98. The van der Waals surface area contributed by atoms with Gasteiger partial charge in [-0.25, -0.2) is 4.99 Å². The molecule has 2 aromatic carbocycles. The molecule has 1 amide bonds. The molecule has 1 fully saturated rings. The highest BCUT2D eigenvalue weighted by Gasteiger charge is 2.32. The number of likely N-dealkylation sites (tertiary alicyclic amines) is 1. The lowest BCUT2D eigenvalue weighted by molar-refractivity contribution is -0.127. The summed E-state index contributed by atoms with van der Waals surface area (Å²) in [5.41, 5.74) is 3.39. The third-order valence-corrected chi connectivity index (χ3v) is 6.23. The molecule has 1 unspecified atom stereocenters. The van der Waals surface area contributed by atoms with E-state index in [0.29, 0.717) is 24.6 Å². The molecule has 0 radical (unpaired) electrons. The van der Waals surface area contributed by atoms with Crippen molar-refractivity contribution in [1.82, 2.24) is 10.2 Å². The van der Waals surface area contributed by atoms with Gasteiger partial charge in [0.05, 0.1) is 13.7 Å². The number of ether oxygens (including phenoxy) is 1. The summed E-state index contributed by atoms with van der Waals surface area (Å²) in [7, 11) is 1.54. The lowest BCUT2D eigenvalue weighted by Crippen LogP contribution is -2.41. The Labute approximate surface area is 189 Å². The minimum atomic E-state index is 0.119. The number of amides is 1. The zero-order valence-electron chi connectivity index (χ0n) is 18.9. The van der Waals surface area contributed by atoms with Gasteiger partial charge in [-0.15, -0.1) is 0 Å². The van der Waals surface area contributed by atoms with Crippen LogP contribution in [0.2, 0.25) is 0 Å². The number of para-hydroxylation sites is 1. The smallest absolute Gasteiger partial charge is 0.222 e. The summed E-state index contributed by atoms with van der Waals surface area (Å²) in [6.45, 7) is 5.80. The molecule has 7 nitrogen and oxygen atoms in total. The average Bonchev–Trinajstić information content (AvgIpc) is 3.38. The number of nitrogens with one attached hydrogen (secondary N) is 1. The fraction of sp³-hybridized carbons (Fsp3) is 0.440. The standard InChI is InChI=1S/C25H32N4O3/c1-3-26-25(27-16-18-10-11-23(32-2)22(30)15-18)29-17-19(20-7-4-5-8-21(20)29)12-14-28-13-6-9-24(28)31/h4-5,7-8,10-11,15,19,30H,3,6,9,12-14,16-17H2,1-2H3,(H,26,27). The van der Waals surface area contributed by atoms with Gasteiger partial charge < -0.3 is 25.0 Å². The molecule has 0 bridgehead atoms. The Hall–Kier alpha value is -3.22. The topological polar surface area (TPSA) is 77.4 Å². The third-order valence-electron chi connectivity index (χ3n) is 6.23. The number of methoxy groups -OCH3 is 1. The fourth-order valence-electron chi connectivity index (χ4n) is 4.59.